The van der Waals surface area contributed by atoms with Gasteiger partial charge in [0.2, 0.25) is 0 Å². The summed E-state index contributed by atoms with van der Waals surface area (Å²) in [6, 6.07) is 21.1. The number of methoxy groups -OCH3 is 2. The van der Waals surface area contributed by atoms with Crippen molar-refractivity contribution in [1.82, 2.24) is 0 Å². The average Bonchev–Trinajstić information content (AvgIpc) is 2.81. The van der Waals surface area contributed by atoms with Crippen LogP contribution in [0.5, 0.6) is 17.2 Å². The molecule has 0 unspecified atom stereocenters. The molecule has 0 amide bonds. The number of rotatable bonds is 9. The fourth-order valence-electron chi connectivity index (χ4n) is 2.82. The number of carbonyl (C=O) groups excluding carboxylic acids is 2. The summed E-state index contributed by atoms with van der Waals surface area (Å²) in [7, 11) is 3.00. The molecule has 0 aromatic heterocycles. The van der Waals surface area contributed by atoms with Gasteiger partial charge in [0.1, 0.15) is 12.4 Å². The summed E-state index contributed by atoms with van der Waals surface area (Å²) in [5.74, 6) is 0.708. The lowest BCUT2D eigenvalue weighted by atomic mass is 10.1. The summed E-state index contributed by atoms with van der Waals surface area (Å²) in [5, 5.41) is 0. The average molecular weight is 406 g/mol. The topological polar surface area (TPSA) is 71.1 Å². The van der Waals surface area contributed by atoms with E-state index < -0.39 is 5.97 Å². The van der Waals surface area contributed by atoms with Crippen LogP contribution in [0.25, 0.3) is 0 Å². The number of benzene rings is 3. The van der Waals surface area contributed by atoms with Gasteiger partial charge in [-0.1, -0.05) is 36.4 Å². The van der Waals surface area contributed by atoms with Crippen LogP contribution in [0.3, 0.4) is 0 Å². The minimum absolute atomic E-state index is 0.207. The molecule has 3 aromatic carbocycles. The molecule has 0 heterocycles. The second-order valence-corrected chi connectivity index (χ2v) is 6.33. The number of carbonyl (C=O) groups is 2. The van der Waals surface area contributed by atoms with Crippen LogP contribution in [0.2, 0.25) is 0 Å². The van der Waals surface area contributed by atoms with Crippen LogP contribution in [0.1, 0.15) is 26.3 Å². The Labute approximate surface area is 175 Å². The van der Waals surface area contributed by atoms with E-state index in [-0.39, 0.29) is 19.0 Å². The van der Waals surface area contributed by atoms with Gasteiger partial charge in [-0.05, 0) is 36.4 Å². The highest BCUT2D eigenvalue weighted by atomic mass is 16.5. The van der Waals surface area contributed by atoms with Crippen molar-refractivity contribution in [2.75, 3.05) is 20.8 Å². The lowest BCUT2D eigenvalue weighted by Crippen LogP contribution is -2.16. The lowest BCUT2D eigenvalue weighted by molar-refractivity contribution is 0.0472. The number of para-hydroxylation sites is 1. The molecular weight excluding hydrogens is 384 g/mol. The van der Waals surface area contributed by atoms with Crippen LogP contribution >= 0.6 is 0 Å². The zero-order valence-electron chi connectivity index (χ0n) is 16.8. The zero-order valence-corrected chi connectivity index (χ0v) is 16.8. The van der Waals surface area contributed by atoms with Gasteiger partial charge in [0, 0.05) is 11.1 Å². The molecule has 0 saturated carbocycles. The smallest absolute Gasteiger partial charge is 0.338 e. The van der Waals surface area contributed by atoms with Crippen molar-refractivity contribution in [2.24, 2.45) is 0 Å². The maximum Gasteiger partial charge on any atom is 0.338 e. The van der Waals surface area contributed by atoms with Crippen LogP contribution in [0.15, 0.2) is 72.8 Å². The predicted molar refractivity (Wildman–Crippen MR) is 111 cm³/mol. The Hall–Kier alpha value is -3.80. The van der Waals surface area contributed by atoms with Crippen LogP contribution in [-0.4, -0.2) is 32.6 Å². The van der Waals surface area contributed by atoms with E-state index in [1.807, 2.05) is 36.4 Å². The molecule has 0 spiro atoms. The molecule has 0 fully saturated rings. The Morgan fingerprint density at radius 3 is 2.23 bits per heavy atom. The van der Waals surface area contributed by atoms with Gasteiger partial charge >= 0.3 is 5.97 Å². The van der Waals surface area contributed by atoms with E-state index in [2.05, 4.69) is 0 Å². The van der Waals surface area contributed by atoms with E-state index in [0.29, 0.717) is 33.9 Å². The highest BCUT2D eigenvalue weighted by Crippen LogP contribution is 2.27. The van der Waals surface area contributed by atoms with E-state index in [9.17, 15) is 9.59 Å². The normalized spacial score (nSPS) is 10.2. The Morgan fingerprint density at radius 2 is 1.50 bits per heavy atom. The molecular formula is C24H22O6. The maximum atomic E-state index is 12.6. The molecule has 0 atom stereocenters. The van der Waals surface area contributed by atoms with Crippen LogP contribution in [0, 0.1) is 0 Å². The van der Waals surface area contributed by atoms with Crippen LogP contribution in [0.4, 0.5) is 0 Å². The molecule has 3 rings (SSSR count). The summed E-state index contributed by atoms with van der Waals surface area (Å²) in [5.41, 5.74) is 1.39. The number of esters is 1. The molecule has 6 nitrogen and oxygen atoms in total. The van der Waals surface area contributed by atoms with Gasteiger partial charge in [0.05, 0.1) is 19.8 Å². The summed E-state index contributed by atoms with van der Waals surface area (Å²) >= 11 is 0. The molecule has 0 radical (unpaired) electrons. The Kier molecular flexibility index (Phi) is 7.05. The van der Waals surface area contributed by atoms with E-state index in [1.54, 1.807) is 36.4 Å². The highest BCUT2D eigenvalue weighted by Gasteiger charge is 2.16. The molecule has 30 heavy (non-hydrogen) atoms. The van der Waals surface area contributed by atoms with Gasteiger partial charge in [-0.2, -0.15) is 0 Å². The van der Waals surface area contributed by atoms with Crippen molar-refractivity contribution < 1.29 is 28.5 Å². The van der Waals surface area contributed by atoms with Crippen molar-refractivity contribution in [2.45, 2.75) is 6.61 Å². The van der Waals surface area contributed by atoms with Crippen molar-refractivity contribution in [3.63, 3.8) is 0 Å². The third kappa shape index (κ3) is 5.17. The SMILES string of the molecule is COc1ccc(C(=O)COC(=O)c2ccccc2COc2ccccc2)cc1OC. The molecule has 0 bridgehead atoms. The number of hydrogen-bond donors (Lipinski definition) is 0. The van der Waals surface area contributed by atoms with E-state index in [0.717, 1.165) is 0 Å². The fourth-order valence-corrected chi connectivity index (χ4v) is 2.82. The van der Waals surface area contributed by atoms with E-state index >= 15 is 0 Å². The summed E-state index contributed by atoms with van der Waals surface area (Å²) in [6.45, 7) is -0.179. The largest absolute Gasteiger partial charge is 0.493 e. The standard InChI is InChI=1S/C24H22O6/c1-27-22-13-12-17(14-23(22)28-2)21(25)16-30-24(26)20-11-7-6-8-18(20)15-29-19-9-4-3-5-10-19/h3-14H,15-16H2,1-2H3. The van der Waals surface area contributed by atoms with E-state index in [4.69, 9.17) is 18.9 Å². The first kappa shape index (κ1) is 20.9. The number of hydrogen-bond acceptors (Lipinski definition) is 6. The fraction of sp³-hybridized carbons (Fsp3) is 0.167. The van der Waals surface area contributed by atoms with Crippen molar-refractivity contribution in [3.05, 3.63) is 89.5 Å². The zero-order chi connectivity index (χ0) is 21.3. The Balaban J connectivity index is 1.64. The summed E-state index contributed by atoms with van der Waals surface area (Å²) < 4.78 is 21.3. The van der Waals surface area contributed by atoms with Crippen molar-refractivity contribution in [3.8, 4) is 17.2 Å². The molecule has 0 aliphatic heterocycles. The number of ether oxygens (including phenoxy) is 4. The van der Waals surface area contributed by atoms with Crippen molar-refractivity contribution >= 4 is 11.8 Å². The molecule has 6 heteroatoms. The lowest BCUT2D eigenvalue weighted by Gasteiger charge is -2.11. The first-order chi connectivity index (χ1) is 14.6. The predicted octanol–water partition coefficient (Wildman–Crippen LogP) is 4.32. The first-order valence-corrected chi connectivity index (χ1v) is 9.30. The molecule has 3 aromatic rings. The second-order valence-electron chi connectivity index (χ2n) is 6.33. The minimum atomic E-state index is -0.587. The highest BCUT2D eigenvalue weighted by molar-refractivity contribution is 6.00. The Morgan fingerprint density at radius 1 is 0.800 bits per heavy atom. The number of Topliss-reactive ketones (excluding diaryl/α,β-unsaturated/α-hetero) is 1. The first-order valence-electron chi connectivity index (χ1n) is 9.30. The van der Waals surface area contributed by atoms with Crippen LogP contribution < -0.4 is 14.2 Å². The summed E-state index contributed by atoms with van der Waals surface area (Å²) in [4.78, 5) is 25.0. The second kappa shape index (κ2) is 10.1. The van der Waals surface area contributed by atoms with Gasteiger partial charge in [-0.15, -0.1) is 0 Å². The van der Waals surface area contributed by atoms with Gasteiger partial charge in [0.15, 0.2) is 23.9 Å². The van der Waals surface area contributed by atoms with Gasteiger partial charge in [-0.25, -0.2) is 4.79 Å². The molecule has 154 valence electrons. The van der Waals surface area contributed by atoms with Crippen molar-refractivity contribution in [1.29, 1.82) is 0 Å². The van der Waals surface area contributed by atoms with Gasteiger partial charge in [-0.3, -0.25) is 4.79 Å². The maximum absolute atomic E-state index is 12.6. The molecule has 0 aliphatic rings. The monoisotopic (exact) mass is 406 g/mol. The third-order valence-corrected chi connectivity index (χ3v) is 4.41. The quantitative estimate of drug-likeness (QED) is 0.389. The third-order valence-electron chi connectivity index (χ3n) is 4.41. The van der Waals surface area contributed by atoms with Gasteiger partial charge in [0.25, 0.3) is 0 Å². The number of ketones is 1. The minimum Gasteiger partial charge on any atom is -0.493 e. The Bertz CT molecular complexity index is 1010. The summed E-state index contributed by atoms with van der Waals surface area (Å²) in [6.07, 6.45) is 0. The van der Waals surface area contributed by atoms with Gasteiger partial charge < -0.3 is 18.9 Å². The van der Waals surface area contributed by atoms with E-state index in [1.165, 1.54) is 14.2 Å². The molecule has 0 saturated heterocycles. The van der Waals surface area contributed by atoms with Crippen LogP contribution in [-0.2, 0) is 11.3 Å². The molecule has 0 N–H and O–H groups in total. The molecule has 0 aliphatic carbocycles.